The van der Waals surface area contributed by atoms with Crippen LogP contribution in [0.4, 0.5) is 13.2 Å². The number of carbonyl (C=O) groups excluding carboxylic acids is 1. The molecule has 172 valence electrons. The molecule has 11 heteroatoms. The number of hydrogen-bond donors (Lipinski definition) is 1. The van der Waals surface area contributed by atoms with Gasteiger partial charge in [-0.2, -0.15) is 13.5 Å². The maximum atomic E-state index is 14.7. The summed E-state index contributed by atoms with van der Waals surface area (Å²) in [7, 11) is 1.53. The van der Waals surface area contributed by atoms with E-state index >= 15 is 0 Å². The van der Waals surface area contributed by atoms with Gasteiger partial charge in [-0.3, -0.25) is 4.79 Å². The molecule has 1 aromatic carbocycles. The molecule has 1 unspecified atom stereocenters. The molecule has 0 saturated heterocycles. The number of aromatic nitrogens is 5. The van der Waals surface area contributed by atoms with Gasteiger partial charge >= 0.3 is 12.0 Å². The molecule has 0 aliphatic heterocycles. The number of benzene rings is 1. The van der Waals surface area contributed by atoms with Crippen molar-refractivity contribution in [3.05, 3.63) is 83.7 Å². The van der Waals surface area contributed by atoms with Gasteiger partial charge in [0.25, 0.3) is 0 Å². The summed E-state index contributed by atoms with van der Waals surface area (Å²) in [6.45, 7) is 1.69. The van der Waals surface area contributed by atoms with Gasteiger partial charge in [0.05, 0.1) is 36.7 Å². The van der Waals surface area contributed by atoms with Crippen molar-refractivity contribution >= 4 is 11.6 Å². The zero-order valence-corrected chi connectivity index (χ0v) is 17.9. The summed E-state index contributed by atoms with van der Waals surface area (Å²) in [6.07, 6.45) is 8.55. The van der Waals surface area contributed by atoms with Crippen LogP contribution in [-0.4, -0.2) is 37.6 Å². The number of amides is 1. The third-order valence-electron chi connectivity index (χ3n) is 5.23. The quantitative estimate of drug-likeness (QED) is 0.587. The monoisotopic (exact) mass is 458 g/mol. The molecule has 2 heterocycles. The number of nitrogens with one attached hydrogen (secondary N) is 1. The average molecular weight is 458 g/mol. The van der Waals surface area contributed by atoms with Gasteiger partial charge in [-0.25, -0.2) is 9.37 Å². The van der Waals surface area contributed by atoms with Crippen molar-refractivity contribution in [2.24, 2.45) is 0 Å². The number of aryl methyl sites for hydroxylation is 1. The second-order valence-corrected chi connectivity index (χ2v) is 7.54. The first-order chi connectivity index (χ1) is 15.8. The van der Waals surface area contributed by atoms with E-state index in [1.54, 1.807) is 12.4 Å². The van der Waals surface area contributed by atoms with Crippen molar-refractivity contribution in [2.45, 2.75) is 31.9 Å². The first-order valence-electron chi connectivity index (χ1n) is 10.1. The van der Waals surface area contributed by atoms with Crippen LogP contribution >= 0.6 is 0 Å². The minimum atomic E-state index is -3.96. The highest BCUT2D eigenvalue weighted by Crippen LogP contribution is 2.33. The Balaban J connectivity index is 1.45. The first kappa shape index (κ1) is 22.3. The summed E-state index contributed by atoms with van der Waals surface area (Å²) in [5, 5.41) is 9.47. The fraction of sp³-hybridized carbons (Fsp3) is 0.273. The Hall–Kier alpha value is -3.89. The number of rotatable bonds is 7. The van der Waals surface area contributed by atoms with Gasteiger partial charge in [-0.15, -0.1) is 5.10 Å². The van der Waals surface area contributed by atoms with Crippen LogP contribution in [0.5, 0.6) is 0 Å². The van der Waals surface area contributed by atoms with E-state index in [-0.39, 0.29) is 22.8 Å². The summed E-state index contributed by atoms with van der Waals surface area (Å²) in [6, 6.07) is 1.21. The van der Waals surface area contributed by atoms with Crippen LogP contribution < -0.4 is 5.32 Å². The van der Waals surface area contributed by atoms with Gasteiger partial charge in [0.1, 0.15) is 11.6 Å². The van der Waals surface area contributed by atoms with Crippen LogP contribution in [0.3, 0.4) is 0 Å². The van der Waals surface area contributed by atoms with E-state index in [9.17, 15) is 18.0 Å². The lowest BCUT2D eigenvalue weighted by Crippen LogP contribution is -2.42. The topological polar surface area (TPSA) is 86.9 Å². The fourth-order valence-corrected chi connectivity index (χ4v) is 3.43. The number of allylic oxidation sites excluding steroid dienone is 4. The SMILES string of the molecule is COC1=C(n2cnc(C)c2)C=CC(c2cn(C(F)(F)C(=O)NCc3ccc(F)cc3)nn2)C1. The molecule has 0 saturated carbocycles. The van der Waals surface area contributed by atoms with E-state index in [4.69, 9.17) is 4.74 Å². The summed E-state index contributed by atoms with van der Waals surface area (Å²) in [5.41, 5.74) is 2.38. The molecule has 1 N–H and O–H groups in total. The maximum absolute atomic E-state index is 14.7. The predicted octanol–water partition coefficient (Wildman–Crippen LogP) is 3.35. The molecule has 0 bridgehead atoms. The van der Waals surface area contributed by atoms with Gasteiger partial charge in [0, 0.05) is 25.1 Å². The van der Waals surface area contributed by atoms with Crippen LogP contribution in [0.15, 0.2) is 60.9 Å². The van der Waals surface area contributed by atoms with Gasteiger partial charge in [-0.05, 0) is 30.7 Å². The number of carbonyl (C=O) groups is 1. The number of imidazole rings is 1. The lowest BCUT2D eigenvalue weighted by Gasteiger charge is -2.20. The maximum Gasteiger partial charge on any atom is 0.423 e. The minimum Gasteiger partial charge on any atom is -0.499 e. The van der Waals surface area contributed by atoms with E-state index in [1.807, 2.05) is 23.8 Å². The Morgan fingerprint density at radius 1 is 1.27 bits per heavy atom. The van der Waals surface area contributed by atoms with Crippen molar-refractivity contribution < 1.29 is 22.7 Å². The molecular formula is C22H21F3N6O2. The van der Waals surface area contributed by atoms with E-state index in [0.29, 0.717) is 17.7 Å². The van der Waals surface area contributed by atoms with E-state index in [1.165, 1.54) is 31.4 Å². The zero-order valence-electron chi connectivity index (χ0n) is 17.9. The van der Waals surface area contributed by atoms with Crippen molar-refractivity contribution in [3.8, 4) is 0 Å². The van der Waals surface area contributed by atoms with Crippen LogP contribution in [0.1, 0.15) is 29.3 Å². The number of methoxy groups -OCH3 is 1. The van der Waals surface area contributed by atoms with Gasteiger partial charge < -0.3 is 14.6 Å². The zero-order chi connectivity index (χ0) is 23.6. The van der Waals surface area contributed by atoms with Crippen LogP contribution in [0, 0.1) is 12.7 Å². The third-order valence-corrected chi connectivity index (χ3v) is 5.23. The van der Waals surface area contributed by atoms with Crippen molar-refractivity contribution in [1.29, 1.82) is 0 Å². The van der Waals surface area contributed by atoms with Crippen LogP contribution in [0.2, 0.25) is 0 Å². The Morgan fingerprint density at radius 2 is 2.03 bits per heavy atom. The van der Waals surface area contributed by atoms with Crippen molar-refractivity contribution in [2.75, 3.05) is 7.11 Å². The molecule has 0 spiro atoms. The van der Waals surface area contributed by atoms with E-state index in [2.05, 4.69) is 20.6 Å². The summed E-state index contributed by atoms with van der Waals surface area (Å²) >= 11 is 0. The Bertz CT molecular complexity index is 1210. The number of halogens is 3. The Kier molecular flexibility index (Phi) is 6.03. The average Bonchev–Trinajstić information content (AvgIpc) is 3.48. The first-order valence-corrected chi connectivity index (χ1v) is 10.1. The molecule has 1 amide bonds. The normalized spacial score (nSPS) is 16.2. The smallest absolute Gasteiger partial charge is 0.423 e. The highest BCUT2D eigenvalue weighted by Gasteiger charge is 2.42. The molecule has 1 atom stereocenters. The second-order valence-electron chi connectivity index (χ2n) is 7.54. The van der Waals surface area contributed by atoms with Crippen molar-refractivity contribution in [3.63, 3.8) is 0 Å². The fourth-order valence-electron chi connectivity index (χ4n) is 3.43. The third kappa shape index (κ3) is 4.66. The number of nitrogens with zero attached hydrogens (tertiary/aromatic N) is 5. The van der Waals surface area contributed by atoms with Crippen LogP contribution in [-0.2, 0) is 22.1 Å². The van der Waals surface area contributed by atoms with Gasteiger partial charge in [0.15, 0.2) is 0 Å². The largest absolute Gasteiger partial charge is 0.499 e. The van der Waals surface area contributed by atoms with E-state index in [0.717, 1.165) is 17.6 Å². The lowest BCUT2D eigenvalue weighted by molar-refractivity contribution is -0.164. The summed E-state index contributed by atoms with van der Waals surface area (Å²) < 4.78 is 49.8. The number of alkyl halides is 2. The predicted molar refractivity (Wildman–Crippen MR) is 112 cm³/mol. The minimum absolute atomic E-state index is 0.180. The summed E-state index contributed by atoms with van der Waals surface area (Å²) in [5.74, 6) is -1.72. The second kappa shape index (κ2) is 8.93. The molecular weight excluding hydrogens is 437 g/mol. The molecule has 1 aliphatic carbocycles. The van der Waals surface area contributed by atoms with Crippen molar-refractivity contribution in [1.82, 2.24) is 29.9 Å². The highest BCUT2D eigenvalue weighted by atomic mass is 19.3. The van der Waals surface area contributed by atoms with Crippen LogP contribution in [0.25, 0.3) is 5.70 Å². The Morgan fingerprint density at radius 3 is 2.70 bits per heavy atom. The highest BCUT2D eigenvalue weighted by molar-refractivity contribution is 5.81. The lowest BCUT2D eigenvalue weighted by atomic mass is 9.95. The van der Waals surface area contributed by atoms with Gasteiger partial charge in [0.2, 0.25) is 0 Å². The molecule has 2 aromatic heterocycles. The standard InChI is InChI=1S/C22H21F3N6O2/c1-14-11-30(13-27-14)19-8-5-16(9-20(19)33-2)18-12-31(29-28-18)22(24,25)21(32)26-10-15-3-6-17(23)7-4-15/h3-8,11-13,16H,9-10H2,1-2H3,(H,26,32). The molecule has 1 aliphatic rings. The molecule has 4 rings (SSSR count). The molecule has 33 heavy (non-hydrogen) atoms. The number of ether oxygens (including phenoxy) is 1. The number of hydrogen-bond acceptors (Lipinski definition) is 5. The molecule has 3 aromatic rings. The Labute approximate surface area is 187 Å². The molecule has 0 radical (unpaired) electrons. The van der Waals surface area contributed by atoms with Gasteiger partial charge in [-0.1, -0.05) is 23.4 Å². The molecule has 0 fully saturated rings. The molecule has 8 nitrogen and oxygen atoms in total. The summed E-state index contributed by atoms with van der Waals surface area (Å²) in [4.78, 5) is 16.3. The van der Waals surface area contributed by atoms with E-state index < -0.39 is 17.8 Å².